The molecule has 2 rings (SSSR count). The van der Waals surface area contributed by atoms with Gasteiger partial charge in [-0.2, -0.15) is 0 Å². The van der Waals surface area contributed by atoms with Gasteiger partial charge < -0.3 is 31.2 Å². The van der Waals surface area contributed by atoms with Crippen LogP contribution in [0.25, 0.3) is 0 Å². The van der Waals surface area contributed by atoms with Crippen molar-refractivity contribution in [3.63, 3.8) is 0 Å². The number of carboxylic acids is 1. The molecule has 168 valence electrons. The van der Waals surface area contributed by atoms with Crippen molar-refractivity contribution >= 4 is 47.3 Å². The predicted molar refractivity (Wildman–Crippen MR) is 104 cm³/mol. The first-order valence-electron chi connectivity index (χ1n) is 8.91. The van der Waals surface area contributed by atoms with E-state index in [4.69, 9.17) is 22.4 Å². The minimum Gasteiger partial charge on any atom is -0.481 e. The molecule has 0 spiro atoms. The lowest BCUT2D eigenvalue weighted by Gasteiger charge is -2.24. The molecule has 1 aliphatic heterocycles. The third kappa shape index (κ3) is 6.35. The number of hydrogen-bond acceptors (Lipinski definition) is 6. The van der Waals surface area contributed by atoms with Crippen molar-refractivity contribution in [3.05, 3.63) is 28.8 Å². The van der Waals surface area contributed by atoms with Crippen molar-refractivity contribution in [2.75, 3.05) is 18.8 Å². The predicted octanol–water partition coefficient (Wildman–Crippen LogP) is 0.0466. The third-order valence-electron chi connectivity index (χ3n) is 4.44. The molecule has 1 aliphatic rings. The maximum absolute atomic E-state index is 13.9. The van der Waals surface area contributed by atoms with Crippen molar-refractivity contribution in [1.29, 1.82) is 0 Å². The van der Waals surface area contributed by atoms with E-state index in [0.29, 0.717) is 4.90 Å². The van der Waals surface area contributed by atoms with Gasteiger partial charge in [0.2, 0.25) is 11.8 Å². The van der Waals surface area contributed by atoms with Gasteiger partial charge in [0.15, 0.2) is 0 Å². The highest BCUT2D eigenvalue weighted by Gasteiger charge is 2.50. The lowest BCUT2D eigenvalue weighted by atomic mass is 10.1. The Hall–Kier alpha value is -3.28. The van der Waals surface area contributed by atoms with Gasteiger partial charge in [0.1, 0.15) is 12.3 Å². The molecular weight excluding hydrogens is 442 g/mol. The Labute approximate surface area is 179 Å². The number of rotatable bonds is 8. The standard InChI is InChI=1S/C18H19ClF2N4O6/c19-11-3-9(1-2-12(11)22)16(30)23-6-14(27)25-8-18(20,21)5-13(25)17(31)24-10(7-26)4-15(28)29/h1-3,7,10,13H,4-6,8,22H2,(H,23,30)(H,24,31)(H,28,29)/t10-,13-/m0/s1. The molecule has 10 nitrogen and oxygen atoms in total. The molecule has 1 aromatic rings. The van der Waals surface area contributed by atoms with Crippen LogP contribution >= 0.6 is 11.6 Å². The molecule has 0 aliphatic carbocycles. The van der Waals surface area contributed by atoms with Gasteiger partial charge in [-0.05, 0) is 18.2 Å². The Kier molecular flexibility index (Phi) is 7.50. The maximum Gasteiger partial charge on any atom is 0.305 e. The van der Waals surface area contributed by atoms with Crippen molar-refractivity contribution < 1.29 is 37.9 Å². The van der Waals surface area contributed by atoms with E-state index in [1.54, 1.807) is 0 Å². The molecule has 0 saturated carbocycles. The summed E-state index contributed by atoms with van der Waals surface area (Å²) >= 11 is 5.82. The molecule has 31 heavy (non-hydrogen) atoms. The van der Waals surface area contributed by atoms with Crippen LogP contribution in [0.5, 0.6) is 0 Å². The van der Waals surface area contributed by atoms with Crippen LogP contribution in [0.4, 0.5) is 14.5 Å². The van der Waals surface area contributed by atoms with Crippen molar-refractivity contribution in [1.82, 2.24) is 15.5 Å². The van der Waals surface area contributed by atoms with Gasteiger partial charge in [-0.15, -0.1) is 0 Å². The Bertz CT molecular complexity index is 913. The summed E-state index contributed by atoms with van der Waals surface area (Å²) in [4.78, 5) is 59.1. The highest BCUT2D eigenvalue weighted by atomic mass is 35.5. The number of nitrogen functional groups attached to an aromatic ring is 1. The van der Waals surface area contributed by atoms with Gasteiger partial charge in [-0.3, -0.25) is 19.2 Å². The summed E-state index contributed by atoms with van der Waals surface area (Å²) in [7, 11) is 0. The summed E-state index contributed by atoms with van der Waals surface area (Å²) in [6.07, 6.45) is -1.60. The van der Waals surface area contributed by atoms with Crippen molar-refractivity contribution in [2.45, 2.75) is 30.8 Å². The molecule has 3 amide bonds. The van der Waals surface area contributed by atoms with Gasteiger partial charge in [-0.25, -0.2) is 8.78 Å². The van der Waals surface area contributed by atoms with E-state index in [0.717, 1.165) is 0 Å². The van der Waals surface area contributed by atoms with Crippen LogP contribution in [-0.2, 0) is 19.2 Å². The zero-order valence-electron chi connectivity index (χ0n) is 15.9. The molecule has 1 saturated heterocycles. The molecule has 13 heteroatoms. The highest BCUT2D eigenvalue weighted by Crippen LogP contribution is 2.32. The fourth-order valence-electron chi connectivity index (χ4n) is 2.94. The second-order valence-corrected chi connectivity index (χ2v) is 7.27. The molecule has 1 fully saturated rings. The van der Waals surface area contributed by atoms with E-state index in [-0.39, 0.29) is 22.6 Å². The number of carbonyl (C=O) groups excluding carboxylic acids is 4. The minimum absolute atomic E-state index is 0.0792. The molecule has 2 atom stereocenters. The molecular formula is C18H19ClF2N4O6. The number of carbonyl (C=O) groups is 5. The van der Waals surface area contributed by atoms with E-state index in [2.05, 4.69) is 5.32 Å². The molecule has 0 radical (unpaired) electrons. The largest absolute Gasteiger partial charge is 0.481 e. The summed E-state index contributed by atoms with van der Waals surface area (Å²) in [5.74, 6) is -7.54. The molecule has 0 unspecified atom stereocenters. The van der Waals surface area contributed by atoms with Crippen LogP contribution in [0.15, 0.2) is 18.2 Å². The number of nitrogens with one attached hydrogen (secondary N) is 2. The minimum atomic E-state index is -3.38. The summed E-state index contributed by atoms with van der Waals surface area (Å²) < 4.78 is 27.8. The van der Waals surface area contributed by atoms with E-state index in [1.165, 1.54) is 18.2 Å². The monoisotopic (exact) mass is 460 g/mol. The SMILES string of the molecule is Nc1ccc(C(=O)NCC(=O)N2CC(F)(F)C[C@H]2C(=O)N[C@H](C=O)CC(=O)O)cc1Cl. The van der Waals surface area contributed by atoms with E-state index < -0.39 is 67.6 Å². The Morgan fingerprint density at radius 2 is 2.03 bits per heavy atom. The fourth-order valence-corrected chi connectivity index (χ4v) is 3.12. The number of anilines is 1. The number of aliphatic carboxylic acids is 1. The number of carboxylic acid groups (broad SMARTS) is 1. The summed E-state index contributed by atoms with van der Waals surface area (Å²) in [5.41, 5.74) is 5.86. The first kappa shape index (κ1) is 24.0. The fraction of sp³-hybridized carbons (Fsp3) is 0.389. The van der Waals surface area contributed by atoms with Crippen molar-refractivity contribution in [2.24, 2.45) is 0 Å². The lowest BCUT2D eigenvalue weighted by molar-refractivity contribution is -0.141. The highest BCUT2D eigenvalue weighted by molar-refractivity contribution is 6.33. The number of likely N-dealkylation sites (tertiary alicyclic amines) is 1. The molecule has 5 N–H and O–H groups in total. The summed E-state index contributed by atoms with van der Waals surface area (Å²) in [5, 5.41) is 13.1. The van der Waals surface area contributed by atoms with Crippen LogP contribution < -0.4 is 16.4 Å². The van der Waals surface area contributed by atoms with E-state index in [9.17, 15) is 32.8 Å². The molecule has 1 heterocycles. The van der Waals surface area contributed by atoms with Gasteiger partial charge in [0.25, 0.3) is 11.8 Å². The average Bonchev–Trinajstić information content (AvgIpc) is 3.02. The van der Waals surface area contributed by atoms with Gasteiger partial charge >= 0.3 is 5.97 Å². The summed E-state index contributed by atoms with van der Waals surface area (Å²) in [6, 6.07) is 0.913. The van der Waals surface area contributed by atoms with Crippen LogP contribution in [0.3, 0.4) is 0 Å². The zero-order valence-corrected chi connectivity index (χ0v) is 16.7. The number of amides is 3. The molecule has 0 bridgehead atoms. The second kappa shape index (κ2) is 9.69. The topological polar surface area (TPSA) is 159 Å². The third-order valence-corrected chi connectivity index (χ3v) is 4.77. The zero-order chi connectivity index (χ0) is 23.3. The number of nitrogens with two attached hydrogens (primary N) is 1. The molecule has 1 aromatic carbocycles. The maximum atomic E-state index is 13.9. The van der Waals surface area contributed by atoms with Crippen LogP contribution in [0.2, 0.25) is 5.02 Å². The average molecular weight is 461 g/mol. The normalized spacial score (nSPS) is 18.2. The number of alkyl halides is 2. The summed E-state index contributed by atoms with van der Waals surface area (Å²) in [6.45, 7) is -1.76. The lowest BCUT2D eigenvalue weighted by Crippen LogP contribution is -2.51. The number of nitrogens with zero attached hydrogens (tertiary/aromatic N) is 1. The Morgan fingerprint density at radius 1 is 1.35 bits per heavy atom. The number of benzene rings is 1. The van der Waals surface area contributed by atoms with Gasteiger partial charge in [-0.1, -0.05) is 11.6 Å². The van der Waals surface area contributed by atoms with Crippen molar-refractivity contribution in [3.8, 4) is 0 Å². The Morgan fingerprint density at radius 3 is 2.61 bits per heavy atom. The number of aldehydes is 1. The molecule has 0 aromatic heterocycles. The van der Waals surface area contributed by atoms with E-state index in [1.807, 2.05) is 5.32 Å². The Balaban J connectivity index is 2.05. The quantitative estimate of drug-likeness (QED) is 0.315. The first-order chi connectivity index (χ1) is 14.4. The van der Waals surface area contributed by atoms with Crippen LogP contribution in [0.1, 0.15) is 23.2 Å². The number of halogens is 3. The van der Waals surface area contributed by atoms with Crippen LogP contribution in [-0.4, -0.2) is 71.1 Å². The first-order valence-corrected chi connectivity index (χ1v) is 9.29. The van der Waals surface area contributed by atoms with Gasteiger partial charge in [0, 0.05) is 12.0 Å². The smallest absolute Gasteiger partial charge is 0.305 e. The van der Waals surface area contributed by atoms with Gasteiger partial charge in [0.05, 0.1) is 36.3 Å². The second-order valence-electron chi connectivity index (χ2n) is 6.87. The van der Waals surface area contributed by atoms with Crippen LogP contribution in [0, 0.1) is 0 Å². The number of hydrogen-bond donors (Lipinski definition) is 4. The van der Waals surface area contributed by atoms with E-state index >= 15 is 0 Å².